The molecule has 1 heterocycles. The van der Waals surface area contributed by atoms with E-state index in [-0.39, 0.29) is 5.04 Å². The van der Waals surface area contributed by atoms with Crippen molar-refractivity contribution in [2.24, 2.45) is 0 Å². The van der Waals surface area contributed by atoms with E-state index in [2.05, 4.69) is 43.6 Å². The Bertz CT molecular complexity index is 969. The van der Waals surface area contributed by atoms with Crippen molar-refractivity contribution >= 4 is 19.3 Å². The summed E-state index contributed by atoms with van der Waals surface area (Å²) in [6, 6.07) is 7.42. The van der Waals surface area contributed by atoms with E-state index < -0.39 is 41.2 Å². The van der Waals surface area contributed by atoms with E-state index in [0.717, 1.165) is 17.7 Å². The van der Waals surface area contributed by atoms with E-state index >= 15 is 0 Å². The summed E-state index contributed by atoms with van der Waals surface area (Å²) < 4.78 is 49.4. The average Bonchev–Trinajstić information content (AvgIpc) is 2.67. The Morgan fingerprint density at radius 2 is 1.62 bits per heavy atom. The first-order chi connectivity index (χ1) is 14.5. The molecule has 0 spiro atoms. The minimum atomic E-state index is -1.90. The lowest BCUT2D eigenvalue weighted by Crippen LogP contribution is -2.47. The Kier molecular flexibility index (Phi) is 7.87. The molecule has 0 aliphatic heterocycles. The highest BCUT2D eigenvalue weighted by Gasteiger charge is 2.38. The lowest BCUT2D eigenvalue weighted by molar-refractivity contribution is 0.276. The highest BCUT2D eigenvalue weighted by atomic mass is 32.2. The number of benzene rings is 1. The molecule has 1 aromatic heterocycles. The van der Waals surface area contributed by atoms with Crippen molar-refractivity contribution in [3.05, 3.63) is 65.0 Å². The quantitative estimate of drug-likeness (QED) is 0.478. The van der Waals surface area contributed by atoms with Crippen LogP contribution in [0.4, 0.5) is 8.78 Å². The first-order valence-electron chi connectivity index (χ1n) is 10.7. The van der Waals surface area contributed by atoms with Gasteiger partial charge in [0.05, 0.1) is 33.6 Å². The number of hydrogen-bond donors (Lipinski definition) is 1. The number of hydrogen-bond acceptors (Lipinski definition) is 3. The molecule has 8 heteroatoms. The summed E-state index contributed by atoms with van der Waals surface area (Å²) in [6.45, 7) is 18.7. The van der Waals surface area contributed by atoms with E-state index in [0.29, 0.717) is 17.9 Å². The minimum absolute atomic E-state index is 0.104. The van der Waals surface area contributed by atoms with Crippen LogP contribution in [0.3, 0.4) is 0 Å². The first kappa shape index (κ1) is 26.8. The Balaban J connectivity index is 2.39. The topological polar surface area (TPSA) is 51.2 Å². The van der Waals surface area contributed by atoms with E-state index in [1.54, 1.807) is 13.1 Å². The smallest absolute Gasteiger partial charge is 0.192 e. The third kappa shape index (κ3) is 6.10. The van der Waals surface area contributed by atoms with Gasteiger partial charge in [-0.25, -0.2) is 17.7 Å². The van der Waals surface area contributed by atoms with Gasteiger partial charge in [-0.1, -0.05) is 32.9 Å². The van der Waals surface area contributed by atoms with Gasteiger partial charge in [0.25, 0.3) is 0 Å². The molecule has 1 aromatic carbocycles. The van der Waals surface area contributed by atoms with Gasteiger partial charge in [-0.2, -0.15) is 0 Å². The van der Waals surface area contributed by atoms with Gasteiger partial charge in [-0.15, -0.1) is 0 Å². The van der Waals surface area contributed by atoms with Gasteiger partial charge in [0.2, 0.25) is 0 Å². The molecular formula is C24H36F2N2O2SSi. The van der Waals surface area contributed by atoms with Crippen LogP contribution in [-0.2, 0) is 27.6 Å². The van der Waals surface area contributed by atoms with Gasteiger partial charge in [0.15, 0.2) is 20.0 Å². The maximum atomic E-state index is 14.1. The molecule has 0 unspecified atom stereocenters. The molecule has 0 aliphatic carbocycles. The molecule has 178 valence electrons. The molecule has 0 saturated heterocycles. The lowest BCUT2D eigenvalue weighted by atomic mass is 9.89. The first-order valence-corrected chi connectivity index (χ1v) is 14.8. The van der Waals surface area contributed by atoms with E-state index in [9.17, 15) is 13.0 Å². The second kappa shape index (κ2) is 9.41. The molecule has 0 fully saturated rings. The van der Waals surface area contributed by atoms with Crippen molar-refractivity contribution in [2.75, 3.05) is 0 Å². The standard InChI is InChI=1S/C24H36F2N2O2SSi/c1-22(2,3)31(29)28-24(7,18-11-12-19(25)20(26)14-18)21-13-10-17(15-27-21)16-30-32(8,9)23(4,5)6/h10-15,28H,16H2,1-9H3/t24-,31+/m1/s1. The fourth-order valence-corrected chi connectivity index (χ4v) is 4.55. The third-order valence-corrected chi connectivity index (χ3v) is 12.3. The van der Waals surface area contributed by atoms with Gasteiger partial charge in [0, 0.05) is 6.20 Å². The van der Waals surface area contributed by atoms with Crippen LogP contribution in [0, 0.1) is 11.6 Å². The summed E-state index contributed by atoms with van der Waals surface area (Å²) >= 11 is 0. The molecule has 2 atom stereocenters. The predicted octanol–water partition coefficient (Wildman–Crippen LogP) is 6.20. The lowest BCUT2D eigenvalue weighted by Gasteiger charge is -2.36. The molecule has 32 heavy (non-hydrogen) atoms. The number of rotatable bonds is 7. The van der Waals surface area contributed by atoms with Crippen molar-refractivity contribution in [3.8, 4) is 0 Å². The fraction of sp³-hybridized carbons (Fsp3) is 0.542. The van der Waals surface area contributed by atoms with Crippen molar-refractivity contribution in [2.45, 2.75) is 83.5 Å². The summed E-state index contributed by atoms with van der Waals surface area (Å²) in [6.07, 6.45) is 1.72. The summed E-state index contributed by atoms with van der Waals surface area (Å²) in [7, 11) is -3.38. The van der Waals surface area contributed by atoms with Crippen LogP contribution in [0.1, 0.15) is 65.3 Å². The predicted molar refractivity (Wildman–Crippen MR) is 130 cm³/mol. The summed E-state index contributed by atoms with van der Waals surface area (Å²) in [5.74, 6) is -1.89. The Hall–Kier alpha value is -1.48. The van der Waals surface area contributed by atoms with Gasteiger partial charge >= 0.3 is 0 Å². The third-order valence-electron chi connectivity index (χ3n) is 6.09. The molecule has 4 nitrogen and oxygen atoms in total. The average molecular weight is 483 g/mol. The van der Waals surface area contributed by atoms with Crippen LogP contribution in [0.2, 0.25) is 18.1 Å². The van der Waals surface area contributed by atoms with Crippen molar-refractivity contribution < 1.29 is 17.4 Å². The second-order valence-corrected chi connectivity index (χ2v) is 17.6. The molecule has 0 amide bonds. The zero-order valence-electron chi connectivity index (χ0n) is 20.6. The number of nitrogens with zero attached hydrogens (tertiary/aromatic N) is 1. The van der Waals surface area contributed by atoms with Crippen LogP contribution < -0.4 is 4.72 Å². The fourth-order valence-electron chi connectivity index (χ4n) is 2.69. The van der Waals surface area contributed by atoms with E-state index in [1.165, 1.54) is 6.07 Å². The zero-order chi connectivity index (χ0) is 24.5. The van der Waals surface area contributed by atoms with Gasteiger partial charge < -0.3 is 4.43 Å². The number of pyridine rings is 1. The van der Waals surface area contributed by atoms with Gasteiger partial charge in [-0.3, -0.25) is 4.98 Å². The van der Waals surface area contributed by atoms with Crippen LogP contribution in [-0.4, -0.2) is 22.3 Å². The molecule has 0 radical (unpaired) electrons. The Morgan fingerprint density at radius 1 is 1.00 bits per heavy atom. The molecule has 2 rings (SSSR count). The molecule has 1 N–H and O–H groups in total. The number of nitrogens with one attached hydrogen (secondary N) is 1. The highest BCUT2D eigenvalue weighted by Crippen LogP contribution is 2.37. The molecule has 0 saturated carbocycles. The van der Waals surface area contributed by atoms with Crippen LogP contribution in [0.15, 0.2) is 36.5 Å². The van der Waals surface area contributed by atoms with E-state index in [1.807, 2.05) is 32.9 Å². The summed E-state index contributed by atoms with van der Waals surface area (Å²) in [5.41, 5.74) is 0.818. The number of aromatic nitrogens is 1. The normalized spacial score (nSPS) is 16.0. The Labute approximate surface area is 194 Å². The molecule has 0 aliphatic rings. The second-order valence-electron chi connectivity index (χ2n) is 10.8. The zero-order valence-corrected chi connectivity index (χ0v) is 22.4. The number of halogens is 2. The highest BCUT2D eigenvalue weighted by molar-refractivity contribution is 7.84. The minimum Gasteiger partial charge on any atom is -0.413 e. The largest absolute Gasteiger partial charge is 0.413 e. The van der Waals surface area contributed by atoms with Crippen LogP contribution in [0.25, 0.3) is 0 Å². The van der Waals surface area contributed by atoms with E-state index in [4.69, 9.17) is 4.43 Å². The van der Waals surface area contributed by atoms with Crippen molar-refractivity contribution in [1.29, 1.82) is 0 Å². The maximum absolute atomic E-state index is 14.1. The van der Waals surface area contributed by atoms with Crippen molar-refractivity contribution in [1.82, 2.24) is 9.71 Å². The monoisotopic (exact) mass is 482 g/mol. The summed E-state index contributed by atoms with van der Waals surface area (Å²) in [5, 5.41) is 0.104. The van der Waals surface area contributed by atoms with Crippen LogP contribution in [0.5, 0.6) is 0 Å². The maximum Gasteiger partial charge on any atom is 0.192 e. The SMILES string of the molecule is CC(C)(C)[S@](=O)N[C@](C)(c1ccc(F)c(F)c1)c1ccc(CO[Si](C)(C)C(C)(C)C)cn1. The molecule has 2 aromatic rings. The van der Waals surface area contributed by atoms with Crippen molar-refractivity contribution in [3.63, 3.8) is 0 Å². The van der Waals surface area contributed by atoms with Crippen LogP contribution >= 0.6 is 0 Å². The van der Waals surface area contributed by atoms with Gasteiger partial charge in [0.1, 0.15) is 0 Å². The van der Waals surface area contributed by atoms with Gasteiger partial charge in [-0.05, 0) is 75.2 Å². The summed E-state index contributed by atoms with van der Waals surface area (Å²) in [4.78, 5) is 4.60. The Morgan fingerprint density at radius 3 is 2.09 bits per heavy atom. The molecule has 0 bridgehead atoms. The molecular weight excluding hydrogens is 446 g/mol.